The molecular weight excluding hydrogens is 288 g/mol. The standard InChI is InChI=1S/C15H19BrN2/c1-3-8-18-9-7-13(11-18)10-17-14-6-4-5-12(2)15(14)16/h4-7,9,11,17H,3,8,10H2,1-2H3. The van der Waals surface area contributed by atoms with Gasteiger partial charge in [-0.25, -0.2) is 0 Å². The van der Waals surface area contributed by atoms with Crippen LogP contribution in [0, 0.1) is 6.92 Å². The van der Waals surface area contributed by atoms with Crippen LogP contribution >= 0.6 is 15.9 Å². The van der Waals surface area contributed by atoms with Crippen molar-refractivity contribution < 1.29 is 0 Å². The molecule has 1 aromatic heterocycles. The first-order valence-electron chi connectivity index (χ1n) is 6.34. The summed E-state index contributed by atoms with van der Waals surface area (Å²) in [6, 6.07) is 8.45. The Hall–Kier alpha value is -1.22. The van der Waals surface area contributed by atoms with E-state index in [1.165, 1.54) is 17.5 Å². The van der Waals surface area contributed by atoms with Gasteiger partial charge in [0.2, 0.25) is 0 Å². The highest BCUT2D eigenvalue weighted by molar-refractivity contribution is 9.10. The molecule has 2 nitrogen and oxygen atoms in total. The average Bonchev–Trinajstić information content (AvgIpc) is 2.79. The van der Waals surface area contributed by atoms with E-state index < -0.39 is 0 Å². The van der Waals surface area contributed by atoms with E-state index in [0.29, 0.717) is 0 Å². The first-order chi connectivity index (χ1) is 8.70. The molecule has 0 saturated carbocycles. The van der Waals surface area contributed by atoms with Crippen molar-refractivity contribution in [1.29, 1.82) is 0 Å². The number of rotatable bonds is 5. The molecule has 1 N–H and O–H groups in total. The topological polar surface area (TPSA) is 17.0 Å². The highest BCUT2D eigenvalue weighted by Crippen LogP contribution is 2.26. The van der Waals surface area contributed by atoms with Crippen LogP contribution in [-0.4, -0.2) is 4.57 Å². The van der Waals surface area contributed by atoms with E-state index in [4.69, 9.17) is 0 Å². The minimum Gasteiger partial charge on any atom is -0.380 e. The Labute approximate surface area is 117 Å². The summed E-state index contributed by atoms with van der Waals surface area (Å²) in [7, 11) is 0. The smallest absolute Gasteiger partial charge is 0.0490 e. The third-order valence-electron chi connectivity index (χ3n) is 2.97. The molecule has 0 bridgehead atoms. The van der Waals surface area contributed by atoms with Crippen LogP contribution in [0.3, 0.4) is 0 Å². The van der Waals surface area contributed by atoms with Gasteiger partial charge in [-0.1, -0.05) is 19.1 Å². The van der Waals surface area contributed by atoms with Gasteiger partial charge in [-0.05, 0) is 52.5 Å². The SMILES string of the molecule is CCCn1ccc(CNc2cccc(C)c2Br)c1. The first kappa shape index (κ1) is 13.2. The van der Waals surface area contributed by atoms with E-state index in [2.05, 4.69) is 76.3 Å². The molecule has 0 aliphatic carbocycles. The van der Waals surface area contributed by atoms with Gasteiger partial charge < -0.3 is 9.88 Å². The molecule has 0 atom stereocenters. The van der Waals surface area contributed by atoms with E-state index in [0.717, 1.165) is 23.2 Å². The predicted molar refractivity (Wildman–Crippen MR) is 80.9 cm³/mol. The second-order valence-corrected chi connectivity index (χ2v) is 5.34. The van der Waals surface area contributed by atoms with Crippen LogP contribution in [0.25, 0.3) is 0 Å². The Balaban J connectivity index is 2.00. The Bertz CT molecular complexity index is 517. The highest BCUT2D eigenvalue weighted by Gasteiger charge is 2.02. The summed E-state index contributed by atoms with van der Waals surface area (Å²) in [6.45, 7) is 6.25. The van der Waals surface area contributed by atoms with Crippen LogP contribution in [0.15, 0.2) is 41.1 Å². The fourth-order valence-electron chi connectivity index (χ4n) is 1.97. The van der Waals surface area contributed by atoms with E-state index in [1.54, 1.807) is 0 Å². The maximum atomic E-state index is 3.62. The molecule has 1 heterocycles. The number of anilines is 1. The Morgan fingerprint density at radius 1 is 1.28 bits per heavy atom. The van der Waals surface area contributed by atoms with E-state index >= 15 is 0 Å². The maximum Gasteiger partial charge on any atom is 0.0490 e. The zero-order valence-electron chi connectivity index (χ0n) is 10.9. The lowest BCUT2D eigenvalue weighted by atomic mass is 10.2. The summed E-state index contributed by atoms with van der Waals surface area (Å²) in [5, 5.41) is 3.47. The van der Waals surface area contributed by atoms with Crippen LogP contribution in [0.1, 0.15) is 24.5 Å². The van der Waals surface area contributed by atoms with Crippen LogP contribution in [0.2, 0.25) is 0 Å². The lowest BCUT2D eigenvalue weighted by Gasteiger charge is -2.09. The zero-order chi connectivity index (χ0) is 13.0. The van der Waals surface area contributed by atoms with Crippen molar-refractivity contribution in [1.82, 2.24) is 4.57 Å². The average molecular weight is 307 g/mol. The number of aryl methyl sites for hydroxylation is 2. The zero-order valence-corrected chi connectivity index (χ0v) is 12.5. The highest BCUT2D eigenvalue weighted by atomic mass is 79.9. The second kappa shape index (κ2) is 6.10. The van der Waals surface area contributed by atoms with E-state index in [-0.39, 0.29) is 0 Å². The van der Waals surface area contributed by atoms with Gasteiger partial charge in [0.25, 0.3) is 0 Å². The molecule has 1 aromatic carbocycles. The summed E-state index contributed by atoms with van der Waals surface area (Å²) in [5.41, 5.74) is 3.72. The van der Waals surface area contributed by atoms with Gasteiger partial charge in [-0.2, -0.15) is 0 Å². The molecule has 0 amide bonds. The molecule has 0 saturated heterocycles. The van der Waals surface area contributed by atoms with E-state index in [1.807, 2.05) is 0 Å². The van der Waals surface area contributed by atoms with Gasteiger partial charge in [0.1, 0.15) is 0 Å². The molecule has 2 aromatic rings. The minimum absolute atomic E-state index is 0.860. The van der Waals surface area contributed by atoms with Gasteiger partial charge >= 0.3 is 0 Å². The number of nitrogens with zero attached hydrogens (tertiary/aromatic N) is 1. The van der Waals surface area contributed by atoms with Crippen molar-refractivity contribution in [3.63, 3.8) is 0 Å². The molecular formula is C15H19BrN2. The quantitative estimate of drug-likeness (QED) is 0.855. The summed E-state index contributed by atoms with van der Waals surface area (Å²) in [5.74, 6) is 0. The van der Waals surface area contributed by atoms with Crippen molar-refractivity contribution in [2.75, 3.05) is 5.32 Å². The van der Waals surface area contributed by atoms with Crippen LogP contribution in [-0.2, 0) is 13.1 Å². The molecule has 0 radical (unpaired) electrons. The summed E-state index contributed by atoms with van der Waals surface area (Å²) in [6.07, 6.45) is 5.52. The number of hydrogen-bond acceptors (Lipinski definition) is 1. The van der Waals surface area contributed by atoms with Crippen molar-refractivity contribution in [3.05, 3.63) is 52.3 Å². The number of aromatic nitrogens is 1. The third-order valence-corrected chi connectivity index (χ3v) is 4.02. The Kier molecular flexibility index (Phi) is 4.48. The fraction of sp³-hybridized carbons (Fsp3) is 0.333. The molecule has 0 spiro atoms. The summed E-state index contributed by atoms with van der Waals surface area (Å²) in [4.78, 5) is 0. The van der Waals surface area contributed by atoms with Gasteiger partial charge in [0.05, 0.1) is 0 Å². The predicted octanol–water partition coefficient (Wildman–Crippen LogP) is 4.58. The van der Waals surface area contributed by atoms with Crippen LogP contribution in [0.4, 0.5) is 5.69 Å². The summed E-state index contributed by atoms with van der Waals surface area (Å²) >= 11 is 3.62. The van der Waals surface area contributed by atoms with Gasteiger partial charge in [-0.3, -0.25) is 0 Å². The van der Waals surface area contributed by atoms with E-state index in [9.17, 15) is 0 Å². The van der Waals surface area contributed by atoms with Crippen LogP contribution in [0.5, 0.6) is 0 Å². The molecule has 0 aliphatic heterocycles. The molecule has 18 heavy (non-hydrogen) atoms. The van der Waals surface area contributed by atoms with Crippen molar-refractivity contribution >= 4 is 21.6 Å². The molecule has 0 fully saturated rings. The third kappa shape index (κ3) is 3.16. The lowest BCUT2D eigenvalue weighted by molar-refractivity contribution is 0.681. The molecule has 0 aliphatic rings. The number of nitrogens with one attached hydrogen (secondary N) is 1. The Morgan fingerprint density at radius 2 is 2.11 bits per heavy atom. The number of hydrogen-bond donors (Lipinski definition) is 1. The van der Waals surface area contributed by atoms with Crippen LogP contribution < -0.4 is 5.32 Å². The molecule has 2 rings (SSSR count). The second-order valence-electron chi connectivity index (χ2n) is 4.55. The number of halogens is 1. The first-order valence-corrected chi connectivity index (χ1v) is 7.13. The normalized spacial score (nSPS) is 10.6. The maximum absolute atomic E-state index is 3.62. The van der Waals surface area contributed by atoms with Gasteiger partial charge in [0.15, 0.2) is 0 Å². The number of benzene rings is 1. The fourth-order valence-corrected chi connectivity index (χ4v) is 2.38. The largest absolute Gasteiger partial charge is 0.380 e. The monoisotopic (exact) mass is 306 g/mol. The van der Waals surface area contributed by atoms with Gasteiger partial charge in [-0.15, -0.1) is 0 Å². The Morgan fingerprint density at radius 3 is 2.89 bits per heavy atom. The van der Waals surface area contributed by atoms with Crippen molar-refractivity contribution in [2.45, 2.75) is 33.4 Å². The van der Waals surface area contributed by atoms with Crippen molar-refractivity contribution in [3.8, 4) is 0 Å². The molecule has 0 unspecified atom stereocenters. The summed E-state index contributed by atoms with van der Waals surface area (Å²) < 4.78 is 3.39. The molecule has 3 heteroatoms. The van der Waals surface area contributed by atoms with Gasteiger partial charge in [0, 0.05) is 35.6 Å². The van der Waals surface area contributed by atoms with Crippen molar-refractivity contribution in [2.24, 2.45) is 0 Å². The molecule has 96 valence electrons. The lowest BCUT2D eigenvalue weighted by Crippen LogP contribution is -2.00. The minimum atomic E-state index is 0.860.